The van der Waals surface area contributed by atoms with Crippen LogP contribution in [0.15, 0.2) is 59.3 Å². The van der Waals surface area contributed by atoms with Gasteiger partial charge >= 0.3 is 0 Å². The monoisotopic (exact) mass is 523 g/mol. The Morgan fingerprint density at radius 3 is 2.44 bits per heavy atom. The van der Waals surface area contributed by atoms with E-state index < -0.39 is 6.04 Å². The minimum atomic E-state index is -0.627. The zero-order valence-electron chi connectivity index (χ0n) is 19.7. The molecule has 0 saturated heterocycles. The summed E-state index contributed by atoms with van der Waals surface area (Å²) in [5.41, 5.74) is 1.29. The zero-order valence-corrected chi connectivity index (χ0v) is 21.3. The van der Waals surface area contributed by atoms with Crippen LogP contribution in [-0.4, -0.2) is 33.5 Å². The van der Waals surface area contributed by atoms with Crippen LogP contribution < -0.4 is 9.47 Å². The van der Waals surface area contributed by atoms with E-state index in [1.807, 2.05) is 0 Å². The number of imide groups is 1. The maximum atomic E-state index is 12.8. The first-order valence-corrected chi connectivity index (χ1v) is 12.5. The summed E-state index contributed by atoms with van der Waals surface area (Å²) in [6.45, 7) is 6.46. The molecule has 0 N–H and O–H groups in total. The molecule has 184 valence electrons. The predicted octanol–water partition coefficient (Wildman–Crippen LogP) is 6.64. The van der Waals surface area contributed by atoms with Gasteiger partial charge in [-0.15, -0.1) is 0 Å². The number of nitrogens with zero attached hydrogens (tertiary/aromatic N) is 3. The van der Waals surface area contributed by atoms with Crippen LogP contribution in [0.2, 0.25) is 5.02 Å². The lowest BCUT2D eigenvalue weighted by Gasteiger charge is -2.19. The van der Waals surface area contributed by atoms with Crippen LogP contribution in [-0.2, 0) is 0 Å². The number of hydrogen-bond acceptors (Lipinski definition) is 8. The van der Waals surface area contributed by atoms with Gasteiger partial charge in [0, 0.05) is 12.1 Å². The van der Waals surface area contributed by atoms with Crippen molar-refractivity contribution in [2.75, 3.05) is 6.61 Å². The smallest absolute Gasteiger partial charge is 0.279 e. The van der Waals surface area contributed by atoms with Crippen molar-refractivity contribution in [2.45, 2.75) is 26.8 Å². The van der Waals surface area contributed by atoms with Crippen molar-refractivity contribution in [1.29, 1.82) is 0 Å². The summed E-state index contributed by atoms with van der Waals surface area (Å²) >= 11 is 7.62. The number of carbonyl (C=O) groups excluding carboxylic acids is 2. The molecule has 0 spiro atoms. The first-order valence-electron chi connectivity index (χ1n) is 11.3. The fourth-order valence-electron chi connectivity index (χ4n) is 3.72. The molecule has 0 radical (unpaired) electrons. The SMILES string of the molecule is CC(C)COc1ccc(Oc2ncc(-c3cc(C(C)N4C(=O)c5ccccc5C4=O)on3)s2)c(Cl)c1. The highest BCUT2D eigenvalue weighted by Gasteiger charge is 2.40. The first kappa shape index (κ1) is 24.0. The molecular weight excluding hydrogens is 502 g/mol. The van der Waals surface area contributed by atoms with E-state index in [9.17, 15) is 9.59 Å². The number of amides is 2. The molecule has 1 atom stereocenters. The molecule has 1 unspecified atom stereocenters. The number of ether oxygens (including phenoxy) is 2. The molecule has 3 heterocycles. The number of rotatable bonds is 8. The summed E-state index contributed by atoms with van der Waals surface area (Å²) in [7, 11) is 0. The van der Waals surface area contributed by atoms with Gasteiger partial charge in [-0.2, -0.15) is 0 Å². The van der Waals surface area contributed by atoms with E-state index in [2.05, 4.69) is 24.0 Å². The maximum Gasteiger partial charge on any atom is 0.279 e. The van der Waals surface area contributed by atoms with Gasteiger partial charge in [-0.05, 0) is 37.1 Å². The molecule has 5 rings (SSSR count). The third kappa shape index (κ3) is 4.59. The fraction of sp³-hybridized carbons (Fsp3) is 0.231. The van der Waals surface area contributed by atoms with Crippen molar-refractivity contribution in [3.8, 4) is 27.3 Å². The molecule has 1 aliphatic heterocycles. The second-order valence-electron chi connectivity index (χ2n) is 8.71. The van der Waals surface area contributed by atoms with Gasteiger partial charge in [0.15, 0.2) is 5.76 Å². The van der Waals surface area contributed by atoms with Crippen molar-refractivity contribution < 1.29 is 23.6 Å². The summed E-state index contributed by atoms with van der Waals surface area (Å²) in [6.07, 6.45) is 1.61. The molecule has 2 aromatic carbocycles. The quantitative estimate of drug-likeness (QED) is 0.239. The Kier molecular flexibility index (Phi) is 6.51. The van der Waals surface area contributed by atoms with E-state index in [1.54, 1.807) is 61.7 Å². The van der Waals surface area contributed by atoms with Crippen LogP contribution in [0.4, 0.5) is 0 Å². The molecule has 36 heavy (non-hydrogen) atoms. The summed E-state index contributed by atoms with van der Waals surface area (Å²) in [5, 5.41) is 4.89. The molecular formula is C26H22ClN3O5S. The lowest BCUT2D eigenvalue weighted by molar-refractivity contribution is 0.0573. The zero-order chi connectivity index (χ0) is 25.4. The van der Waals surface area contributed by atoms with E-state index in [0.29, 0.717) is 61.7 Å². The molecule has 2 aromatic heterocycles. The molecule has 0 aliphatic carbocycles. The Morgan fingerprint density at radius 2 is 1.78 bits per heavy atom. The van der Waals surface area contributed by atoms with Gasteiger partial charge in [0.2, 0.25) is 0 Å². The molecule has 0 saturated carbocycles. The highest BCUT2D eigenvalue weighted by Crippen LogP contribution is 2.38. The Balaban J connectivity index is 1.29. The number of thiazole rings is 1. The van der Waals surface area contributed by atoms with Crippen LogP contribution >= 0.6 is 22.9 Å². The maximum absolute atomic E-state index is 12.8. The van der Waals surface area contributed by atoms with Crippen LogP contribution in [0.5, 0.6) is 16.7 Å². The van der Waals surface area contributed by atoms with Gasteiger partial charge in [0.1, 0.15) is 17.2 Å². The number of fused-ring (bicyclic) bond motifs is 1. The van der Waals surface area contributed by atoms with E-state index in [0.717, 1.165) is 0 Å². The Labute approximate surface area is 216 Å². The molecule has 2 amide bonds. The van der Waals surface area contributed by atoms with Crippen LogP contribution in [0, 0.1) is 5.92 Å². The molecule has 10 heteroatoms. The van der Waals surface area contributed by atoms with Gasteiger partial charge in [0.25, 0.3) is 17.0 Å². The molecule has 1 aliphatic rings. The summed E-state index contributed by atoms with van der Waals surface area (Å²) in [5.74, 6) is 1.20. The normalized spacial score (nSPS) is 13.9. The van der Waals surface area contributed by atoms with Gasteiger partial charge in [-0.3, -0.25) is 14.5 Å². The highest BCUT2D eigenvalue weighted by molar-refractivity contribution is 7.16. The average Bonchev–Trinajstić information content (AvgIpc) is 3.58. The van der Waals surface area contributed by atoms with Crippen LogP contribution in [0.3, 0.4) is 0 Å². The standard InChI is InChI=1S/C26H22ClN3O5S/c1-14(2)13-33-16-8-9-21(19(27)10-16)34-26-28-12-23(36-26)20-11-22(35-29-20)15(3)30-24(31)17-6-4-5-7-18(17)25(30)32/h4-12,14-15H,13H2,1-3H3. The van der Waals surface area contributed by atoms with Gasteiger partial charge in [-0.25, -0.2) is 4.98 Å². The second-order valence-corrected chi connectivity index (χ2v) is 10.1. The van der Waals surface area contributed by atoms with Crippen molar-refractivity contribution in [2.24, 2.45) is 5.92 Å². The topological polar surface area (TPSA) is 94.8 Å². The second kappa shape index (κ2) is 9.75. The van der Waals surface area contributed by atoms with Crippen molar-refractivity contribution in [1.82, 2.24) is 15.0 Å². The van der Waals surface area contributed by atoms with E-state index in [4.69, 9.17) is 25.6 Å². The lowest BCUT2D eigenvalue weighted by atomic mass is 10.1. The van der Waals surface area contributed by atoms with Gasteiger partial charge in [-0.1, -0.05) is 54.1 Å². The highest BCUT2D eigenvalue weighted by atomic mass is 35.5. The number of aromatic nitrogens is 2. The largest absolute Gasteiger partial charge is 0.493 e. The lowest BCUT2D eigenvalue weighted by Crippen LogP contribution is -2.32. The van der Waals surface area contributed by atoms with Crippen molar-refractivity contribution >= 4 is 34.8 Å². The minimum absolute atomic E-state index is 0.355. The third-order valence-corrected chi connectivity index (χ3v) is 6.77. The molecule has 4 aromatic rings. The Bertz CT molecular complexity index is 1410. The number of hydrogen-bond donors (Lipinski definition) is 0. The minimum Gasteiger partial charge on any atom is -0.493 e. The molecule has 8 nitrogen and oxygen atoms in total. The molecule has 0 bridgehead atoms. The first-order chi connectivity index (χ1) is 17.3. The van der Waals surface area contributed by atoms with Gasteiger partial charge < -0.3 is 14.0 Å². The van der Waals surface area contributed by atoms with Crippen molar-refractivity contribution in [3.05, 3.63) is 76.6 Å². The third-order valence-electron chi connectivity index (χ3n) is 5.57. The fourth-order valence-corrected chi connectivity index (χ4v) is 4.66. The number of carbonyl (C=O) groups is 2. The van der Waals surface area contributed by atoms with Crippen LogP contribution in [0.25, 0.3) is 10.6 Å². The van der Waals surface area contributed by atoms with Crippen LogP contribution in [0.1, 0.15) is 53.3 Å². The Morgan fingerprint density at radius 1 is 1.06 bits per heavy atom. The van der Waals surface area contributed by atoms with E-state index in [1.165, 1.54) is 16.2 Å². The van der Waals surface area contributed by atoms with Crippen molar-refractivity contribution in [3.63, 3.8) is 0 Å². The van der Waals surface area contributed by atoms with E-state index in [-0.39, 0.29) is 11.8 Å². The average molecular weight is 524 g/mol. The summed E-state index contributed by atoms with van der Waals surface area (Å²) < 4.78 is 17.0. The Hall–Kier alpha value is -3.69. The number of benzene rings is 2. The van der Waals surface area contributed by atoms with E-state index >= 15 is 0 Å². The summed E-state index contributed by atoms with van der Waals surface area (Å²) in [6, 6.07) is 13.1. The molecule has 0 fully saturated rings. The predicted molar refractivity (Wildman–Crippen MR) is 135 cm³/mol. The number of halogens is 1. The summed E-state index contributed by atoms with van der Waals surface area (Å²) in [4.78, 5) is 31.8. The van der Waals surface area contributed by atoms with Gasteiger partial charge in [0.05, 0.1) is 39.9 Å².